The number of anilines is 3. The first-order valence-electron chi connectivity index (χ1n) is 15.0. The van der Waals surface area contributed by atoms with Crippen molar-refractivity contribution in [3.8, 4) is 17.2 Å². The third-order valence-corrected chi connectivity index (χ3v) is 7.31. The molecule has 0 fully saturated rings. The SMILES string of the molecule is COCCN(CC(N)=O)c1cc(Oc2ccc(NC(=O)Nc3cc(C(C)(C)C)nn3-c3ccc(C)cc3)c3ccccc23)ccn1. The van der Waals surface area contributed by atoms with Crippen LogP contribution in [0.25, 0.3) is 16.5 Å². The number of primary amides is 1. The van der Waals surface area contributed by atoms with Crippen LogP contribution >= 0.6 is 0 Å². The third kappa shape index (κ3) is 7.62. The van der Waals surface area contributed by atoms with Crippen molar-refractivity contribution in [3.63, 3.8) is 0 Å². The number of nitrogens with two attached hydrogens (primary N) is 1. The summed E-state index contributed by atoms with van der Waals surface area (Å²) in [6, 6.07) is 24.2. The van der Waals surface area contributed by atoms with Gasteiger partial charge in [-0.3, -0.25) is 10.1 Å². The topological polar surface area (TPSA) is 137 Å². The Morgan fingerprint density at radius 3 is 2.39 bits per heavy atom. The van der Waals surface area contributed by atoms with Gasteiger partial charge in [0.05, 0.1) is 30.2 Å². The Morgan fingerprint density at radius 1 is 0.957 bits per heavy atom. The zero-order valence-electron chi connectivity index (χ0n) is 26.7. The van der Waals surface area contributed by atoms with E-state index in [4.69, 9.17) is 20.3 Å². The molecule has 0 aliphatic carbocycles. The van der Waals surface area contributed by atoms with E-state index in [1.165, 1.54) is 0 Å². The fourth-order valence-electron chi connectivity index (χ4n) is 4.89. The van der Waals surface area contributed by atoms with Crippen molar-refractivity contribution >= 4 is 40.0 Å². The maximum Gasteiger partial charge on any atom is 0.324 e. The largest absolute Gasteiger partial charge is 0.457 e. The van der Waals surface area contributed by atoms with E-state index >= 15 is 0 Å². The molecule has 5 aromatic rings. The van der Waals surface area contributed by atoms with Crippen LogP contribution < -0.4 is 26.0 Å². The molecule has 5 rings (SSSR count). The van der Waals surface area contributed by atoms with Gasteiger partial charge < -0.3 is 25.4 Å². The second kappa shape index (κ2) is 13.7. The third-order valence-electron chi connectivity index (χ3n) is 7.31. The molecule has 2 heterocycles. The molecule has 4 N–H and O–H groups in total. The number of aryl methyl sites for hydroxylation is 1. The lowest BCUT2D eigenvalue weighted by Gasteiger charge is -2.22. The molecule has 3 amide bonds. The van der Waals surface area contributed by atoms with Crippen molar-refractivity contribution in [1.82, 2.24) is 14.8 Å². The van der Waals surface area contributed by atoms with Gasteiger partial charge in [-0.2, -0.15) is 5.10 Å². The first-order chi connectivity index (χ1) is 22.0. The Hall–Kier alpha value is -5.42. The molecular formula is C35H39N7O4. The van der Waals surface area contributed by atoms with E-state index in [2.05, 4.69) is 36.4 Å². The number of urea groups is 1. The van der Waals surface area contributed by atoms with Crippen LogP contribution in [0.3, 0.4) is 0 Å². The Morgan fingerprint density at radius 2 is 1.70 bits per heavy atom. The minimum Gasteiger partial charge on any atom is -0.457 e. The summed E-state index contributed by atoms with van der Waals surface area (Å²) in [6.45, 7) is 9.11. The number of pyridine rings is 1. The molecule has 11 nitrogen and oxygen atoms in total. The summed E-state index contributed by atoms with van der Waals surface area (Å²) in [7, 11) is 1.59. The number of methoxy groups -OCH3 is 1. The summed E-state index contributed by atoms with van der Waals surface area (Å²) < 4.78 is 13.2. The molecule has 3 aromatic carbocycles. The molecule has 0 aliphatic rings. The van der Waals surface area contributed by atoms with Gasteiger partial charge in [0.1, 0.15) is 23.1 Å². The number of nitrogens with one attached hydrogen (secondary N) is 2. The van der Waals surface area contributed by atoms with Crippen LogP contribution in [-0.2, 0) is 14.9 Å². The quantitative estimate of drug-likeness (QED) is 0.155. The zero-order chi connectivity index (χ0) is 32.8. The lowest BCUT2D eigenvalue weighted by Crippen LogP contribution is -2.36. The highest BCUT2D eigenvalue weighted by atomic mass is 16.5. The summed E-state index contributed by atoms with van der Waals surface area (Å²) in [5.41, 5.74) is 8.69. The molecule has 46 heavy (non-hydrogen) atoms. The molecule has 0 atom stereocenters. The molecule has 238 valence electrons. The maximum atomic E-state index is 13.4. The van der Waals surface area contributed by atoms with Crippen LogP contribution in [0.4, 0.5) is 22.1 Å². The van der Waals surface area contributed by atoms with Gasteiger partial charge in [-0.05, 0) is 37.3 Å². The number of benzene rings is 3. The molecule has 0 saturated heterocycles. The van der Waals surface area contributed by atoms with E-state index < -0.39 is 11.9 Å². The van der Waals surface area contributed by atoms with E-state index in [9.17, 15) is 9.59 Å². The Kier molecular flexibility index (Phi) is 9.53. The molecule has 0 spiro atoms. The summed E-state index contributed by atoms with van der Waals surface area (Å²) in [4.78, 5) is 31.2. The molecule has 0 unspecified atom stereocenters. The van der Waals surface area contributed by atoms with Crippen molar-refractivity contribution in [1.29, 1.82) is 0 Å². The minimum atomic E-state index is -0.475. The minimum absolute atomic E-state index is 0.00546. The van der Waals surface area contributed by atoms with E-state index in [-0.39, 0.29) is 12.0 Å². The Balaban J connectivity index is 1.39. The van der Waals surface area contributed by atoms with Crippen molar-refractivity contribution < 1.29 is 19.1 Å². The van der Waals surface area contributed by atoms with Gasteiger partial charge in [0.2, 0.25) is 5.91 Å². The number of hydrogen-bond acceptors (Lipinski definition) is 7. The van der Waals surface area contributed by atoms with Gasteiger partial charge in [0, 0.05) is 48.2 Å². The molecule has 0 saturated carbocycles. The van der Waals surface area contributed by atoms with Gasteiger partial charge in [-0.1, -0.05) is 62.7 Å². The molecule has 11 heteroatoms. The van der Waals surface area contributed by atoms with E-state index in [0.29, 0.717) is 42.0 Å². The second-order valence-corrected chi connectivity index (χ2v) is 12.0. The molecule has 0 radical (unpaired) electrons. The monoisotopic (exact) mass is 621 g/mol. The number of fused-ring (bicyclic) bond motifs is 1. The lowest BCUT2D eigenvalue weighted by molar-refractivity contribution is -0.116. The summed E-state index contributed by atoms with van der Waals surface area (Å²) in [6.07, 6.45) is 1.61. The predicted molar refractivity (Wildman–Crippen MR) is 181 cm³/mol. The van der Waals surface area contributed by atoms with E-state index in [1.807, 2.05) is 61.5 Å². The highest BCUT2D eigenvalue weighted by Gasteiger charge is 2.22. The van der Waals surface area contributed by atoms with Crippen molar-refractivity contribution in [2.75, 3.05) is 42.3 Å². The van der Waals surface area contributed by atoms with Crippen LogP contribution in [0, 0.1) is 6.92 Å². The van der Waals surface area contributed by atoms with Gasteiger partial charge in [-0.15, -0.1) is 0 Å². The van der Waals surface area contributed by atoms with Crippen LogP contribution in [0.2, 0.25) is 0 Å². The average Bonchev–Trinajstić information content (AvgIpc) is 3.45. The molecule has 0 bridgehead atoms. The van der Waals surface area contributed by atoms with Crippen molar-refractivity contribution in [2.45, 2.75) is 33.1 Å². The second-order valence-electron chi connectivity index (χ2n) is 12.0. The van der Waals surface area contributed by atoms with Gasteiger partial charge in [0.25, 0.3) is 0 Å². The van der Waals surface area contributed by atoms with Crippen molar-refractivity contribution in [3.05, 3.63) is 96.3 Å². The fourth-order valence-corrected chi connectivity index (χ4v) is 4.89. The number of carbonyl (C=O) groups is 2. The zero-order valence-corrected chi connectivity index (χ0v) is 26.7. The smallest absolute Gasteiger partial charge is 0.324 e. The number of rotatable bonds is 11. The van der Waals surface area contributed by atoms with Gasteiger partial charge in [0.15, 0.2) is 0 Å². The number of hydrogen-bond donors (Lipinski definition) is 3. The number of amides is 3. The summed E-state index contributed by atoms with van der Waals surface area (Å²) in [5.74, 6) is 1.73. The number of aromatic nitrogens is 3. The van der Waals surface area contributed by atoms with Crippen LogP contribution in [0.5, 0.6) is 11.5 Å². The Labute approximate surface area is 268 Å². The normalized spacial score (nSPS) is 11.3. The predicted octanol–water partition coefficient (Wildman–Crippen LogP) is 6.40. The fraction of sp³-hybridized carbons (Fsp3) is 0.257. The highest BCUT2D eigenvalue weighted by Crippen LogP contribution is 2.35. The van der Waals surface area contributed by atoms with E-state index in [0.717, 1.165) is 27.7 Å². The maximum absolute atomic E-state index is 13.4. The molecular weight excluding hydrogens is 582 g/mol. The van der Waals surface area contributed by atoms with Crippen LogP contribution in [0.15, 0.2) is 85.1 Å². The first kappa shape index (κ1) is 32.0. The van der Waals surface area contributed by atoms with Crippen LogP contribution in [0.1, 0.15) is 32.0 Å². The van der Waals surface area contributed by atoms with Crippen molar-refractivity contribution in [2.24, 2.45) is 5.73 Å². The summed E-state index contributed by atoms with van der Waals surface area (Å²) in [5, 5.41) is 12.4. The van der Waals surface area contributed by atoms with Crippen LogP contribution in [-0.4, -0.2) is 53.5 Å². The number of carbonyl (C=O) groups excluding carboxylic acids is 2. The number of nitrogens with zero attached hydrogens (tertiary/aromatic N) is 4. The van der Waals surface area contributed by atoms with E-state index in [1.54, 1.807) is 47.2 Å². The Bertz CT molecular complexity index is 1840. The molecule has 0 aliphatic heterocycles. The first-order valence-corrected chi connectivity index (χ1v) is 15.0. The highest BCUT2D eigenvalue weighted by molar-refractivity contribution is 6.07. The number of ether oxygens (including phenoxy) is 2. The average molecular weight is 622 g/mol. The molecule has 2 aromatic heterocycles. The summed E-state index contributed by atoms with van der Waals surface area (Å²) >= 11 is 0. The lowest BCUT2D eigenvalue weighted by atomic mass is 9.92. The standard InChI is InChI=1S/C35H39N7O4/c1-23-10-12-24(13-11-23)42-33(21-30(40-42)35(2,3)4)39-34(44)38-28-14-15-29(27-9-7-6-8-26(27)28)46-25-16-17-37-32(20-25)41(18-19-45-5)22-31(36)43/h6-17,20-21H,18-19,22H2,1-5H3,(H2,36,43)(H2,38,39,44). The van der Waals surface area contributed by atoms with Gasteiger partial charge in [-0.25, -0.2) is 14.5 Å². The van der Waals surface area contributed by atoms with Gasteiger partial charge >= 0.3 is 6.03 Å².